The fourth-order valence-corrected chi connectivity index (χ4v) is 4.38. The number of allylic oxidation sites excluding steroid dienone is 1. The molecule has 0 spiro atoms. The molecule has 1 aromatic rings. The van der Waals surface area contributed by atoms with Crippen LogP contribution >= 0.6 is 0 Å². The van der Waals surface area contributed by atoms with E-state index in [9.17, 15) is 4.79 Å². The molecule has 2 aliphatic rings. The van der Waals surface area contributed by atoms with Crippen molar-refractivity contribution in [3.63, 3.8) is 0 Å². The number of hydrogen-bond acceptors (Lipinski definition) is 2. The number of amides is 1. The van der Waals surface area contributed by atoms with Crippen molar-refractivity contribution in [1.82, 2.24) is 4.90 Å². The fourth-order valence-electron chi connectivity index (χ4n) is 4.38. The van der Waals surface area contributed by atoms with Crippen molar-refractivity contribution >= 4 is 5.91 Å². The van der Waals surface area contributed by atoms with E-state index in [1.165, 1.54) is 17.6 Å². The smallest absolute Gasteiger partial charge is 0.239 e. The average molecular weight is 312 g/mol. The van der Waals surface area contributed by atoms with E-state index >= 15 is 0 Å². The molecule has 0 radical (unpaired) electrons. The molecular weight excluding hydrogens is 284 g/mol. The average Bonchev–Trinajstić information content (AvgIpc) is 2.50. The number of nitrogens with two attached hydrogens (primary N) is 1. The van der Waals surface area contributed by atoms with E-state index in [1.807, 2.05) is 12.1 Å². The highest BCUT2D eigenvalue weighted by Gasteiger charge is 2.38. The van der Waals surface area contributed by atoms with Gasteiger partial charge in [-0.1, -0.05) is 49.8 Å². The summed E-state index contributed by atoms with van der Waals surface area (Å²) >= 11 is 0. The number of carbonyl (C=O) groups is 1. The van der Waals surface area contributed by atoms with Gasteiger partial charge in [-0.15, -0.1) is 0 Å². The van der Waals surface area contributed by atoms with Crippen LogP contribution in [0.5, 0.6) is 0 Å². The molecule has 1 heterocycles. The first-order chi connectivity index (χ1) is 10.9. The van der Waals surface area contributed by atoms with E-state index in [0.717, 1.165) is 31.5 Å². The predicted molar refractivity (Wildman–Crippen MR) is 93.9 cm³/mol. The summed E-state index contributed by atoms with van der Waals surface area (Å²) < 4.78 is 0. The Hall–Kier alpha value is -1.61. The van der Waals surface area contributed by atoms with Gasteiger partial charge in [0.2, 0.25) is 5.91 Å². The van der Waals surface area contributed by atoms with Gasteiger partial charge in [0.1, 0.15) is 6.04 Å². The van der Waals surface area contributed by atoms with Crippen LogP contribution in [0.4, 0.5) is 0 Å². The number of nitrogens with zero attached hydrogens (tertiary/aromatic N) is 1. The lowest BCUT2D eigenvalue weighted by atomic mass is 9.68. The molecule has 0 fully saturated rings. The van der Waals surface area contributed by atoms with Gasteiger partial charge in [-0.2, -0.15) is 0 Å². The summed E-state index contributed by atoms with van der Waals surface area (Å²) in [6.07, 6.45) is 5.74. The number of fused-ring (bicyclic) bond motifs is 1. The SMILES string of the molecule is CC1=CCCC(C)(C)C1CN1CCc2ccccc2C1C(N)=O. The van der Waals surface area contributed by atoms with E-state index in [-0.39, 0.29) is 17.4 Å². The summed E-state index contributed by atoms with van der Waals surface area (Å²) in [4.78, 5) is 14.5. The third kappa shape index (κ3) is 3.07. The van der Waals surface area contributed by atoms with E-state index in [4.69, 9.17) is 5.73 Å². The van der Waals surface area contributed by atoms with Gasteiger partial charge in [0.15, 0.2) is 0 Å². The van der Waals surface area contributed by atoms with E-state index < -0.39 is 0 Å². The van der Waals surface area contributed by atoms with Crippen molar-refractivity contribution in [2.24, 2.45) is 17.1 Å². The molecule has 2 atom stereocenters. The number of hydrogen-bond donors (Lipinski definition) is 1. The monoisotopic (exact) mass is 312 g/mol. The first-order valence-electron chi connectivity index (χ1n) is 8.68. The number of primary amides is 1. The summed E-state index contributed by atoms with van der Waals surface area (Å²) in [6.45, 7) is 8.77. The van der Waals surface area contributed by atoms with Gasteiger partial charge < -0.3 is 5.73 Å². The third-order valence-electron chi connectivity index (χ3n) is 5.82. The molecule has 0 saturated carbocycles. The van der Waals surface area contributed by atoms with E-state index in [0.29, 0.717) is 5.92 Å². The minimum atomic E-state index is -0.287. The van der Waals surface area contributed by atoms with Crippen LogP contribution in [0.15, 0.2) is 35.9 Å². The van der Waals surface area contributed by atoms with E-state index in [2.05, 4.69) is 43.9 Å². The topological polar surface area (TPSA) is 46.3 Å². The Morgan fingerprint density at radius 3 is 2.78 bits per heavy atom. The zero-order valence-electron chi connectivity index (χ0n) is 14.5. The van der Waals surface area contributed by atoms with Crippen LogP contribution in [0.25, 0.3) is 0 Å². The maximum atomic E-state index is 12.2. The highest BCUT2D eigenvalue weighted by molar-refractivity contribution is 5.82. The second-order valence-corrected chi connectivity index (χ2v) is 7.78. The maximum Gasteiger partial charge on any atom is 0.239 e. The Balaban J connectivity index is 1.89. The van der Waals surface area contributed by atoms with Crippen molar-refractivity contribution < 1.29 is 4.79 Å². The van der Waals surface area contributed by atoms with Gasteiger partial charge in [0, 0.05) is 13.1 Å². The van der Waals surface area contributed by atoms with Gasteiger partial charge in [0.05, 0.1) is 0 Å². The summed E-state index contributed by atoms with van der Waals surface area (Å²) in [5, 5.41) is 0. The minimum absolute atomic E-state index is 0.229. The van der Waals surface area contributed by atoms with Crippen molar-refractivity contribution in [3.8, 4) is 0 Å². The van der Waals surface area contributed by atoms with Gasteiger partial charge in [-0.3, -0.25) is 9.69 Å². The van der Waals surface area contributed by atoms with Crippen molar-refractivity contribution in [3.05, 3.63) is 47.0 Å². The molecule has 0 bridgehead atoms. The van der Waals surface area contributed by atoms with Crippen LogP contribution in [-0.2, 0) is 11.2 Å². The second kappa shape index (κ2) is 6.12. The van der Waals surface area contributed by atoms with Crippen molar-refractivity contribution in [2.45, 2.75) is 46.1 Å². The first kappa shape index (κ1) is 16.3. The molecule has 0 aromatic heterocycles. The fraction of sp³-hybridized carbons (Fsp3) is 0.550. The molecule has 0 saturated heterocycles. The molecule has 1 aliphatic carbocycles. The summed E-state index contributed by atoms with van der Waals surface area (Å²) in [6, 6.07) is 7.95. The summed E-state index contributed by atoms with van der Waals surface area (Å²) in [5.41, 5.74) is 9.89. The number of benzene rings is 1. The quantitative estimate of drug-likeness (QED) is 0.869. The lowest BCUT2D eigenvalue weighted by molar-refractivity contribution is -0.124. The zero-order chi connectivity index (χ0) is 16.6. The highest BCUT2D eigenvalue weighted by atomic mass is 16.1. The third-order valence-corrected chi connectivity index (χ3v) is 5.82. The molecule has 124 valence electrons. The molecular formula is C20H28N2O. The molecule has 1 amide bonds. The van der Waals surface area contributed by atoms with Crippen LogP contribution in [0.2, 0.25) is 0 Å². The Kier molecular flexibility index (Phi) is 4.33. The standard InChI is InChI=1S/C20H28N2O/c1-14-7-6-11-20(2,3)17(14)13-22-12-10-15-8-4-5-9-16(15)18(22)19(21)23/h4-5,7-9,17-18H,6,10-13H2,1-3H3,(H2,21,23). The highest BCUT2D eigenvalue weighted by Crippen LogP contribution is 2.42. The largest absolute Gasteiger partial charge is 0.368 e. The maximum absolute atomic E-state index is 12.2. The van der Waals surface area contributed by atoms with Crippen LogP contribution in [0.3, 0.4) is 0 Å². The van der Waals surface area contributed by atoms with Crippen molar-refractivity contribution in [2.75, 3.05) is 13.1 Å². The van der Waals surface area contributed by atoms with Crippen LogP contribution in [0.1, 0.15) is 50.8 Å². The molecule has 3 nitrogen and oxygen atoms in total. The van der Waals surface area contributed by atoms with Gasteiger partial charge in [-0.05, 0) is 48.6 Å². The lowest BCUT2D eigenvalue weighted by Gasteiger charge is -2.44. The van der Waals surface area contributed by atoms with Crippen molar-refractivity contribution in [1.29, 1.82) is 0 Å². The molecule has 1 aromatic carbocycles. The number of carbonyl (C=O) groups excluding carboxylic acids is 1. The normalized spacial score (nSPS) is 27.2. The van der Waals surface area contributed by atoms with E-state index in [1.54, 1.807) is 0 Å². The first-order valence-corrected chi connectivity index (χ1v) is 8.68. The van der Waals surface area contributed by atoms with Gasteiger partial charge in [-0.25, -0.2) is 0 Å². The molecule has 3 heteroatoms. The predicted octanol–water partition coefficient (Wildman–Crippen LogP) is 3.45. The Morgan fingerprint density at radius 2 is 2.09 bits per heavy atom. The number of rotatable bonds is 3. The van der Waals surface area contributed by atoms with Crippen LogP contribution in [-0.4, -0.2) is 23.9 Å². The molecule has 2 unspecified atom stereocenters. The molecule has 1 aliphatic heterocycles. The zero-order valence-corrected chi connectivity index (χ0v) is 14.5. The summed E-state index contributed by atoms with van der Waals surface area (Å²) in [5.74, 6) is 0.260. The Labute approximate surface area is 139 Å². The minimum Gasteiger partial charge on any atom is -0.368 e. The van der Waals surface area contributed by atoms with Gasteiger partial charge >= 0.3 is 0 Å². The van der Waals surface area contributed by atoms with Crippen LogP contribution in [0, 0.1) is 11.3 Å². The molecule has 2 N–H and O–H groups in total. The lowest BCUT2D eigenvalue weighted by Crippen LogP contribution is -2.47. The molecule has 3 rings (SSSR count). The van der Waals surface area contributed by atoms with Crippen LogP contribution < -0.4 is 5.73 Å². The molecule has 23 heavy (non-hydrogen) atoms. The summed E-state index contributed by atoms with van der Waals surface area (Å²) in [7, 11) is 0. The Morgan fingerprint density at radius 1 is 1.35 bits per heavy atom. The van der Waals surface area contributed by atoms with Gasteiger partial charge in [0.25, 0.3) is 0 Å². The Bertz CT molecular complexity index is 632. The second-order valence-electron chi connectivity index (χ2n) is 7.78.